The topological polar surface area (TPSA) is 75.3 Å². The quantitative estimate of drug-likeness (QED) is 0.716. The maximum Gasteiger partial charge on any atom is 0.338 e. The molecule has 0 aliphatic heterocycles. The van der Waals surface area contributed by atoms with Gasteiger partial charge in [0, 0.05) is 24.7 Å². The fourth-order valence-corrected chi connectivity index (χ4v) is 4.52. The van der Waals surface area contributed by atoms with Crippen LogP contribution in [0.5, 0.6) is 0 Å². The lowest BCUT2D eigenvalue weighted by Crippen LogP contribution is -2.15. The minimum atomic E-state index is -0.440. The summed E-state index contributed by atoms with van der Waals surface area (Å²) in [5.41, 5.74) is 2.38. The van der Waals surface area contributed by atoms with E-state index in [2.05, 4.69) is 9.97 Å². The third kappa shape index (κ3) is 2.99. The molecule has 0 bridgehead atoms. The molecule has 26 heavy (non-hydrogen) atoms. The number of hydrogen-bond acceptors (Lipinski definition) is 6. The van der Waals surface area contributed by atoms with Gasteiger partial charge in [0.1, 0.15) is 17.3 Å². The zero-order valence-corrected chi connectivity index (χ0v) is 15.5. The van der Waals surface area contributed by atoms with E-state index in [9.17, 15) is 9.59 Å². The van der Waals surface area contributed by atoms with Gasteiger partial charge in [0.25, 0.3) is 5.56 Å². The second-order valence-corrected chi connectivity index (χ2v) is 7.65. The van der Waals surface area contributed by atoms with Gasteiger partial charge in [-0.3, -0.25) is 4.79 Å². The molecule has 7 heteroatoms. The SMILES string of the molecule is CN(C)c1cccc(C(=O)OCc2nc3sc4c(c3c(=O)[nH]2)CCC4)c1. The largest absolute Gasteiger partial charge is 0.454 e. The van der Waals surface area contributed by atoms with Crippen LogP contribution in [-0.4, -0.2) is 30.0 Å². The number of nitrogens with zero attached hydrogens (tertiary/aromatic N) is 2. The Morgan fingerprint density at radius 1 is 1.35 bits per heavy atom. The van der Waals surface area contributed by atoms with Crippen LogP contribution in [-0.2, 0) is 24.2 Å². The number of fused-ring (bicyclic) bond motifs is 3. The van der Waals surface area contributed by atoms with E-state index < -0.39 is 5.97 Å². The van der Waals surface area contributed by atoms with E-state index in [-0.39, 0.29) is 12.2 Å². The van der Waals surface area contributed by atoms with Crippen LogP contribution < -0.4 is 10.5 Å². The Bertz CT molecular complexity index is 1050. The van der Waals surface area contributed by atoms with Crippen molar-refractivity contribution in [1.29, 1.82) is 0 Å². The number of carbonyl (C=O) groups is 1. The molecule has 0 saturated carbocycles. The summed E-state index contributed by atoms with van der Waals surface area (Å²) < 4.78 is 5.34. The zero-order valence-electron chi connectivity index (χ0n) is 14.7. The van der Waals surface area contributed by atoms with Gasteiger partial charge in [0.2, 0.25) is 0 Å². The van der Waals surface area contributed by atoms with Gasteiger partial charge in [0.15, 0.2) is 0 Å². The standard InChI is InChI=1S/C19H19N3O3S/c1-22(2)12-6-3-5-11(9-12)19(24)25-10-15-20-17(23)16-13-7-4-8-14(13)26-18(16)21-15/h3,5-6,9H,4,7-8,10H2,1-2H3,(H,20,21,23). The smallest absolute Gasteiger partial charge is 0.338 e. The van der Waals surface area contributed by atoms with Crippen molar-refractivity contribution < 1.29 is 9.53 Å². The predicted octanol–water partition coefficient (Wildman–Crippen LogP) is 2.90. The number of carbonyl (C=O) groups excluding carboxylic acids is 1. The molecule has 0 amide bonds. The molecule has 0 unspecified atom stereocenters. The molecule has 0 saturated heterocycles. The molecule has 1 aliphatic rings. The highest BCUT2D eigenvalue weighted by atomic mass is 32.1. The van der Waals surface area contributed by atoms with Crippen molar-refractivity contribution in [2.45, 2.75) is 25.9 Å². The average Bonchev–Trinajstić information content (AvgIpc) is 3.20. The van der Waals surface area contributed by atoms with Gasteiger partial charge in [0.05, 0.1) is 10.9 Å². The maximum absolute atomic E-state index is 12.4. The monoisotopic (exact) mass is 369 g/mol. The van der Waals surface area contributed by atoms with Gasteiger partial charge < -0.3 is 14.6 Å². The van der Waals surface area contributed by atoms with Crippen molar-refractivity contribution in [2.75, 3.05) is 19.0 Å². The molecule has 2 heterocycles. The van der Waals surface area contributed by atoms with E-state index in [1.54, 1.807) is 23.5 Å². The summed E-state index contributed by atoms with van der Waals surface area (Å²) in [6.07, 6.45) is 3.06. The van der Waals surface area contributed by atoms with Crippen molar-refractivity contribution in [3.63, 3.8) is 0 Å². The summed E-state index contributed by atoms with van der Waals surface area (Å²) in [7, 11) is 3.82. The van der Waals surface area contributed by atoms with Crippen molar-refractivity contribution in [3.8, 4) is 0 Å². The van der Waals surface area contributed by atoms with E-state index in [0.717, 1.165) is 35.3 Å². The Morgan fingerprint density at radius 3 is 3.00 bits per heavy atom. The molecular formula is C19H19N3O3S. The highest BCUT2D eigenvalue weighted by Crippen LogP contribution is 2.34. The third-order valence-corrected chi connectivity index (χ3v) is 5.75. The number of ether oxygens (including phenoxy) is 1. The van der Waals surface area contributed by atoms with Crippen molar-refractivity contribution in [2.24, 2.45) is 0 Å². The summed E-state index contributed by atoms with van der Waals surface area (Å²) in [6, 6.07) is 7.20. The number of hydrogen-bond donors (Lipinski definition) is 1. The third-order valence-electron chi connectivity index (χ3n) is 4.56. The Labute approximate surface area is 154 Å². The lowest BCUT2D eigenvalue weighted by molar-refractivity contribution is 0.0462. The minimum absolute atomic E-state index is 0.0568. The Morgan fingerprint density at radius 2 is 2.19 bits per heavy atom. The van der Waals surface area contributed by atoms with Gasteiger partial charge in [-0.15, -0.1) is 11.3 Å². The molecular weight excluding hydrogens is 350 g/mol. The Hall–Kier alpha value is -2.67. The average molecular weight is 369 g/mol. The van der Waals surface area contributed by atoms with E-state index >= 15 is 0 Å². The number of aromatic amines is 1. The van der Waals surface area contributed by atoms with Crippen LogP contribution in [0.1, 0.15) is 33.0 Å². The molecule has 1 aliphatic carbocycles. The van der Waals surface area contributed by atoms with Crippen LogP contribution in [0.2, 0.25) is 0 Å². The summed E-state index contributed by atoms with van der Waals surface area (Å²) in [6.45, 7) is -0.0568. The second-order valence-electron chi connectivity index (χ2n) is 6.57. The number of nitrogens with one attached hydrogen (secondary N) is 1. The zero-order chi connectivity index (χ0) is 18.3. The van der Waals surface area contributed by atoms with Gasteiger partial charge in [-0.05, 0) is 43.0 Å². The number of rotatable bonds is 4. The lowest BCUT2D eigenvalue weighted by Gasteiger charge is -2.13. The Kier molecular flexibility index (Phi) is 4.24. The Balaban J connectivity index is 1.54. The molecule has 2 aromatic heterocycles. The molecule has 1 aromatic carbocycles. The molecule has 4 rings (SSSR count). The number of benzene rings is 1. The van der Waals surface area contributed by atoms with Crippen molar-refractivity contribution in [3.05, 3.63) is 56.4 Å². The van der Waals surface area contributed by atoms with E-state index in [0.29, 0.717) is 16.8 Å². The van der Waals surface area contributed by atoms with Gasteiger partial charge in [-0.1, -0.05) is 6.07 Å². The fraction of sp³-hybridized carbons (Fsp3) is 0.316. The highest BCUT2D eigenvalue weighted by Gasteiger charge is 2.21. The first kappa shape index (κ1) is 16.8. The number of aryl methyl sites for hydroxylation is 2. The van der Waals surface area contributed by atoms with E-state index in [4.69, 9.17) is 4.74 Å². The van der Waals surface area contributed by atoms with Crippen molar-refractivity contribution in [1.82, 2.24) is 9.97 Å². The number of anilines is 1. The molecule has 0 spiro atoms. The lowest BCUT2D eigenvalue weighted by atomic mass is 10.2. The van der Waals surface area contributed by atoms with Crippen LogP contribution in [0.4, 0.5) is 5.69 Å². The van der Waals surface area contributed by atoms with Gasteiger partial charge >= 0.3 is 5.97 Å². The first-order valence-electron chi connectivity index (χ1n) is 8.51. The van der Waals surface area contributed by atoms with Crippen LogP contribution in [0, 0.1) is 0 Å². The minimum Gasteiger partial charge on any atom is -0.454 e. The molecule has 0 radical (unpaired) electrons. The summed E-state index contributed by atoms with van der Waals surface area (Å²) in [5.74, 6) is -0.0651. The van der Waals surface area contributed by atoms with Crippen molar-refractivity contribution >= 4 is 33.2 Å². The molecule has 0 fully saturated rings. The number of esters is 1. The maximum atomic E-state index is 12.4. The van der Waals surface area contributed by atoms with Crippen LogP contribution in [0.15, 0.2) is 29.1 Å². The normalized spacial score (nSPS) is 13.0. The molecule has 0 atom stereocenters. The summed E-state index contributed by atoms with van der Waals surface area (Å²) in [5, 5.41) is 0.705. The molecule has 1 N–H and O–H groups in total. The second kappa shape index (κ2) is 6.57. The first-order chi connectivity index (χ1) is 12.5. The number of thiophene rings is 1. The summed E-state index contributed by atoms with van der Waals surface area (Å²) in [4.78, 5) is 35.9. The van der Waals surface area contributed by atoms with Gasteiger partial charge in [-0.2, -0.15) is 0 Å². The van der Waals surface area contributed by atoms with E-state index in [1.165, 1.54) is 4.88 Å². The predicted molar refractivity (Wildman–Crippen MR) is 102 cm³/mol. The number of aromatic nitrogens is 2. The molecule has 3 aromatic rings. The first-order valence-corrected chi connectivity index (χ1v) is 9.32. The molecule has 134 valence electrons. The van der Waals surface area contributed by atoms with Crippen LogP contribution in [0.25, 0.3) is 10.2 Å². The summed E-state index contributed by atoms with van der Waals surface area (Å²) >= 11 is 1.57. The highest BCUT2D eigenvalue weighted by molar-refractivity contribution is 7.18. The van der Waals surface area contributed by atoms with Crippen LogP contribution >= 0.6 is 11.3 Å². The van der Waals surface area contributed by atoms with Crippen LogP contribution in [0.3, 0.4) is 0 Å². The molecule has 6 nitrogen and oxygen atoms in total. The fourth-order valence-electron chi connectivity index (χ4n) is 3.24. The number of H-pyrrole nitrogens is 1. The van der Waals surface area contributed by atoms with Gasteiger partial charge in [-0.25, -0.2) is 9.78 Å². The van der Waals surface area contributed by atoms with E-state index in [1.807, 2.05) is 31.1 Å².